The molecule has 1 aliphatic rings. The van der Waals surface area contributed by atoms with Crippen molar-refractivity contribution in [3.05, 3.63) is 90.0 Å². The Morgan fingerprint density at radius 1 is 0.903 bits per heavy atom. The molecule has 0 saturated heterocycles. The summed E-state index contributed by atoms with van der Waals surface area (Å²) in [5, 5.41) is 8.18. The lowest BCUT2D eigenvalue weighted by Gasteiger charge is -2.13. The largest absolute Gasteiger partial charge is 0.457 e. The first-order valence-electron chi connectivity index (χ1n) is 9.56. The van der Waals surface area contributed by atoms with Crippen LogP contribution in [0.2, 0.25) is 0 Å². The van der Waals surface area contributed by atoms with Crippen molar-refractivity contribution in [3.63, 3.8) is 0 Å². The van der Waals surface area contributed by atoms with E-state index >= 15 is 0 Å². The Morgan fingerprint density at radius 2 is 1.61 bits per heavy atom. The molecule has 0 saturated carbocycles. The maximum atomic E-state index is 12.2. The minimum Gasteiger partial charge on any atom is -0.457 e. The number of benzene rings is 3. The van der Waals surface area contributed by atoms with Gasteiger partial charge in [0.25, 0.3) is 0 Å². The van der Waals surface area contributed by atoms with Crippen LogP contribution in [0.4, 0.5) is 5.69 Å². The first kappa shape index (κ1) is 20.6. The number of nitrogens with one attached hydrogen (secondary N) is 2. The van der Waals surface area contributed by atoms with Gasteiger partial charge in [-0.25, -0.2) is 8.42 Å². The third-order valence-electron chi connectivity index (χ3n) is 4.74. The maximum absolute atomic E-state index is 12.2. The molecular formula is C24H20N2O4S. The van der Waals surface area contributed by atoms with Crippen LogP contribution in [0.1, 0.15) is 17.5 Å². The van der Waals surface area contributed by atoms with E-state index < -0.39 is 10.0 Å². The molecule has 0 bridgehead atoms. The lowest BCUT2D eigenvalue weighted by atomic mass is 10.0. The summed E-state index contributed by atoms with van der Waals surface area (Å²) >= 11 is 0. The van der Waals surface area contributed by atoms with E-state index in [0.717, 1.165) is 17.4 Å². The molecule has 4 rings (SSSR count). The van der Waals surface area contributed by atoms with Gasteiger partial charge in [-0.15, -0.1) is 0 Å². The van der Waals surface area contributed by atoms with Crippen LogP contribution in [-0.4, -0.2) is 26.2 Å². The zero-order valence-electron chi connectivity index (χ0n) is 16.8. The number of carbonyl (C=O) groups excluding carboxylic acids is 1. The van der Waals surface area contributed by atoms with Crippen LogP contribution in [0.5, 0.6) is 5.75 Å². The summed E-state index contributed by atoms with van der Waals surface area (Å²) in [6.45, 7) is 0. The second kappa shape index (κ2) is 8.20. The number of ether oxygens (including phenoxy) is 1. The molecule has 0 radical (unpaired) electrons. The van der Waals surface area contributed by atoms with Gasteiger partial charge in [0, 0.05) is 28.6 Å². The summed E-state index contributed by atoms with van der Waals surface area (Å²) in [5.74, 6) is 0.784. The fourth-order valence-corrected chi connectivity index (χ4v) is 3.97. The normalized spacial score (nSPS) is 13.8. The minimum absolute atomic E-state index is 0.0395. The first-order valence-corrected chi connectivity index (χ1v) is 11.5. The Hall–Kier alpha value is -3.71. The molecule has 2 N–H and O–H groups in total. The smallest absolute Gasteiger partial charge is 0.229 e. The van der Waals surface area contributed by atoms with Crippen molar-refractivity contribution >= 4 is 33.0 Å². The van der Waals surface area contributed by atoms with Crippen molar-refractivity contribution in [1.82, 2.24) is 0 Å². The molecule has 156 valence electrons. The van der Waals surface area contributed by atoms with E-state index in [1.54, 1.807) is 18.2 Å². The number of ketones is 1. The first-order chi connectivity index (χ1) is 14.8. The number of carbonyl (C=O) groups is 1. The summed E-state index contributed by atoms with van der Waals surface area (Å²) < 4.78 is 31.3. The third-order valence-corrected chi connectivity index (χ3v) is 5.35. The van der Waals surface area contributed by atoms with E-state index in [2.05, 4.69) is 4.72 Å². The number of hydrogen-bond acceptors (Lipinski definition) is 5. The van der Waals surface area contributed by atoms with Crippen molar-refractivity contribution in [2.24, 2.45) is 0 Å². The molecule has 0 aromatic heterocycles. The van der Waals surface area contributed by atoms with Gasteiger partial charge in [0.1, 0.15) is 11.5 Å². The summed E-state index contributed by atoms with van der Waals surface area (Å²) in [6.07, 6.45) is 2.59. The summed E-state index contributed by atoms with van der Waals surface area (Å²) in [7, 11) is -3.33. The van der Waals surface area contributed by atoms with Gasteiger partial charge in [0.15, 0.2) is 5.78 Å². The van der Waals surface area contributed by atoms with Gasteiger partial charge in [0.05, 0.1) is 12.7 Å². The second-order valence-corrected chi connectivity index (χ2v) is 9.01. The Kier molecular flexibility index (Phi) is 5.44. The molecule has 0 fully saturated rings. The Balaban J connectivity index is 1.63. The predicted molar refractivity (Wildman–Crippen MR) is 122 cm³/mol. The van der Waals surface area contributed by atoms with Crippen LogP contribution in [0.15, 0.2) is 78.9 Å². The van der Waals surface area contributed by atoms with E-state index in [9.17, 15) is 13.2 Å². The molecule has 0 spiro atoms. The monoisotopic (exact) mass is 432 g/mol. The number of rotatable bonds is 5. The average Bonchev–Trinajstić information content (AvgIpc) is 2.84. The van der Waals surface area contributed by atoms with Crippen LogP contribution in [0, 0.1) is 5.41 Å². The van der Waals surface area contributed by atoms with E-state index in [4.69, 9.17) is 10.1 Å². The Labute approximate surface area is 180 Å². The molecule has 0 amide bonds. The van der Waals surface area contributed by atoms with E-state index in [-0.39, 0.29) is 17.9 Å². The SMILES string of the molecule is CS(=O)(=O)Nc1ccc(-c2cccc(OC3=CC(=O)CC(=N)c4ccccc43)c2)cc1. The van der Waals surface area contributed by atoms with Gasteiger partial charge in [0.2, 0.25) is 10.0 Å². The van der Waals surface area contributed by atoms with Gasteiger partial charge >= 0.3 is 0 Å². The number of fused-ring (bicyclic) bond motifs is 1. The Morgan fingerprint density at radius 3 is 2.32 bits per heavy atom. The highest BCUT2D eigenvalue weighted by Crippen LogP contribution is 2.30. The van der Waals surface area contributed by atoms with E-state index in [1.165, 1.54) is 6.08 Å². The highest BCUT2D eigenvalue weighted by Gasteiger charge is 2.20. The molecule has 31 heavy (non-hydrogen) atoms. The van der Waals surface area contributed by atoms with Crippen LogP contribution in [-0.2, 0) is 14.8 Å². The lowest BCUT2D eigenvalue weighted by Crippen LogP contribution is -2.09. The maximum Gasteiger partial charge on any atom is 0.229 e. The van der Waals surface area contributed by atoms with E-state index in [0.29, 0.717) is 28.3 Å². The molecule has 1 aliphatic carbocycles. The molecule has 3 aromatic carbocycles. The van der Waals surface area contributed by atoms with Gasteiger partial charge in [-0.2, -0.15) is 0 Å². The van der Waals surface area contributed by atoms with Gasteiger partial charge in [-0.3, -0.25) is 9.52 Å². The lowest BCUT2D eigenvalue weighted by molar-refractivity contribution is -0.113. The molecule has 0 unspecified atom stereocenters. The molecule has 0 heterocycles. The topological polar surface area (TPSA) is 96.3 Å². The third kappa shape index (κ3) is 4.90. The molecule has 6 nitrogen and oxygen atoms in total. The summed E-state index contributed by atoms with van der Waals surface area (Å²) in [6, 6.07) is 21.8. The van der Waals surface area contributed by atoms with Gasteiger partial charge in [-0.1, -0.05) is 48.5 Å². The number of allylic oxidation sites excluding steroid dienone is 1. The zero-order chi connectivity index (χ0) is 22.0. The Bertz CT molecular complexity index is 1310. The quantitative estimate of drug-likeness (QED) is 0.621. The van der Waals surface area contributed by atoms with Crippen molar-refractivity contribution in [2.75, 3.05) is 11.0 Å². The number of anilines is 1. The summed E-state index contributed by atoms with van der Waals surface area (Å²) in [4.78, 5) is 12.2. The summed E-state index contributed by atoms with van der Waals surface area (Å²) in [5.41, 5.74) is 3.92. The van der Waals surface area contributed by atoms with Crippen LogP contribution >= 0.6 is 0 Å². The molecule has 3 aromatic rings. The van der Waals surface area contributed by atoms with Crippen LogP contribution < -0.4 is 9.46 Å². The molecule has 7 heteroatoms. The fraction of sp³-hybridized carbons (Fsp3) is 0.0833. The molecule has 0 aliphatic heterocycles. The van der Waals surface area contributed by atoms with Gasteiger partial charge < -0.3 is 10.1 Å². The van der Waals surface area contributed by atoms with Crippen molar-refractivity contribution < 1.29 is 17.9 Å². The van der Waals surface area contributed by atoms with Crippen molar-refractivity contribution in [2.45, 2.75) is 6.42 Å². The second-order valence-electron chi connectivity index (χ2n) is 7.26. The van der Waals surface area contributed by atoms with Crippen LogP contribution in [0.25, 0.3) is 16.9 Å². The average molecular weight is 433 g/mol. The standard InChI is InChI=1S/C24H20N2O4S/c1-31(28,29)26-18-11-9-16(10-12-18)17-5-4-6-20(13-17)30-24-15-19(27)14-23(25)21-7-2-3-8-22(21)24/h2-13,15,25-26H,14H2,1H3. The van der Waals surface area contributed by atoms with Gasteiger partial charge in [-0.05, 0) is 35.4 Å². The highest BCUT2D eigenvalue weighted by molar-refractivity contribution is 7.92. The highest BCUT2D eigenvalue weighted by atomic mass is 32.2. The van der Waals surface area contributed by atoms with E-state index in [1.807, 2.05) is 54.6 Å². The fourth-order valence-electron chi connectivity index (χ4n) is 3.40. The number of sulfonamides is 1. The van der Waals surface area contributed by atoms with Crippen molar-refractivity contribution in [3.8, 4) is 16.9 Å². The van der Waals surface area contributed by atoms with Crippen LogP contribution in [0.3, 0.4) is 0 Å². The minimum atomic E-state index is -3.33. The van der Waals surface area contributed by atoms with Crippen molar-refractivity contribution in [1.29, 1.82) is 5.41 Å². The molecular weight excluding hydrogens is 412 g/mol. The predicted octanol–water partition coefficient (Wildman–Crippen LogP) is 4.49. The molecule has 0 atom stereocenters. The zero-order valence-corrected chi connectivity index (χ0v) is 17.6. The number of hydrogen-bond donors (Lipinski definition) is 2.